The Bertz CT molecular complexity index is 515. The number of hydrogen-bond acceptors (Lipinski definition) is 3. The number of unbranched alkanes of at least 4 members (excludes halogenated alkanes) is 14. The standard InChI is InChI=1S/C26H46Br2O2S/c1-3-5-7-9-11-13-15-17-19-21(29)25-23(27)24(28)26(31-25)22(30)20-18-16-14-12-10-8-6-4-2/h21-22,29-30H,3-20H2,1-2H3. The molecule has 2 unspecified atom stereocenters. The van der Waals surface area contributed by atoms with Gasteiger partial charge in [-0.25, -0.2) is 0 Å². The van der Waals surface area contributed by atoms with Crippen molar-refractivity contribution in [3.8, 4) is 0 Å². The predicted molar refractivity (Wildman–Crippen MR) is 144 cm³/mol. The SMILES string of the molecule is CCCCCCCCCCC(O)c1sc(C(O)CCCCCCCCCC)c(Br)c1Br. The van der Waals surface area contributed by atoms with Crippen LogP contribution in [0.1, 0.15) is 151 Å². The molecule has 0 amide bonds. The zero-order valence-corrected chi connectivity index (χ0v) is 23.9. The molecule has 0 aromatic carbocycles. The van der Waals surface area contributed by atoms with Gasteiger partial charge in [0, 0.05) is 18.7 Å². The van der Waals surface area contributed by atoms with Gasteiger partial charge in [0.1, 0.15) is 0 Å². The van der Waals surface area contributed by atoms with Gasteiger partial charge in [-0.1, -0.05) is 117 Å². The summed E-state index contributed by atoms with van der Waals surface area (Å²) < 4.78 is 1.85. The average molecular weight is 583 g/mol. The third kappa shape index (κ3) is 12.6. The lowest BCUT2D eigenvalue weighted by Gasteiger charge is -2.10. The first-order valence-corrected chi connectivity index (χ1v) is 15.3. The van der Waals surface area contributed by atoms with Crippen LogP contribution < -0.4 is 0 Å². The van der Waals surface area contributed by atoms with Crippen LogP contribution in [0.25, 0.3) is 0 Å². The van der Waals surface area contributed by atoms with Crippen LogP contribution in [0.4, 0.5) is 0 Å². The van der Waals surface area contributed by atoms with Gasteiger partial charge >= 0.3 is 0 Å². The van der Waals surface area contributed by atoms with Crippen molar-refractivity contribution < 1.29 is 10.2 Å². The molecule has 0 radical (unpaired) electrons. The van der Waals surface area contributed by atoms with E-state index in [1.807, 2.05) is 0 Å². The summed E-state index contributed by atoms with van der Waals surface area (Å²) in [5.41, 5.74) is 0. The maximum atomic E-state index is 10.7. The molecule has 2 nitrogen and oxygen atoms in total. The van der Waals surface area contributed by atoms with Crippen molar-refractivity contribution in [1.82, 2.24) is 0 Å². The number of halogens is 2. The Kier molecular flexibility index (Phi) is 18.1. The molecule has 1 heterocycles. The maximum Gasteiger partial charge on any atom is 0.0893 e. The van der Waals surface area contributed by atoms with Gasteiger partial charge in [0.15, 0.2) is 0 Å². The van der Waals surface area contributed by atoms with E-state index in [1.54, 1.807) is 11.3 Å². The Morgan fingerprint density at radius 2 is 0.839 bits per heavy atom. The molecule has 0 aliphatic rings. The highest BCUT2D eigenvalue weighted by atomic mass is 79.9. The summed E-state index contributed by atoms with van der Waals surface area (Å²) in [4.78, 5) is 1.92. The molecule has 0 saturated carbocycles. The average Bonchev–Trinajstić information content (AvgIpc) is 3.06. The van der Waals surface area contributed by atoms with E-state index in [0.717, 1.165) is 44.4 Å². The van der Waals surface area contributed by atoms with Gasteiger partial charge in [-0.3, -0.25) is 0 Å². The first-order valence-electron chi connectivity index (χ1n) is 12.9. The number of hydrogen-bond donors (Lipinski definition) is 2. The molecule has 1 rings (SSSR count). The van der Waals surface area contributed by atoms with Crippen LogP contribution in [0.5, 0.6) is 0 Å². The summed E-state index contributed by atoms with van der Waals surface area (Å²) in [5.74, 6) is 0. The highest BCUT2D eigenvalue weighted by molar-refractivity contribution is 9.13. The molecule has 5 heteroatoms. The molecule has 31 heavy (non-hydrogen) atoms. The zero-order valence-electron chi connectivity index (χ0n) is 19.9. The summed E-state index contributed by atoms with van der Waals surface area (Å²) in [6.45, 7) is 4.51. The Balaban J connectivity index is 2.31. The topological polar surface area (TPSA) is 40.5 Å². The summed E-state index contributed by atoms with van der Waals surface area (Å²) in [6.07, 6.45) is 21.1. The van der Waals surface area contributed by atoms with E-state index < -0.39 is 12.2 Å². The summed E-state index contributed by atoms with van der Waals surface area (Å²) in [7, 11) is 0. The second-order valence-electron chi connectivity index (χ2n) is 9.02. The van der Waals surface area contributed by atoms with Crippen LogP contribution in [0.2, 0.25) is 0 Å². The van der Waals surface area contributed by atoms with Gasteiger partial charge in [0.25, 0.3) is 0 Å². The van der Waals surface area contributed by atoms with Crippen molar-refractivity contribution in [2.75, 3.05) is 0 Å². The van der Waals surface area contributed by atoms with Gasteiger partial charge in [0.2, 0.25) is 0 Å². The lowest BCUT2D eigenvalue weighted by molar-refractivity contribution is 0.165. The molecule has 0 spiro atoms. The van der Waals surface area contributed by atoms with E-state index in [2.05, 4.69) is 45.7 Å². The third-order valence-electron chi connectivity index (χ3n) is 6.11. The summed E-state index contributed by atoms with van der Waals surface area (Å²) in [5, 5.41) is 21.4. The van der Waals surface area contributed by atoms with Gasteiger partial charge in [-0.15, -0.1) is 11.3 Å². The molecule has 1 aromatic heterocycles. The molecule has 2 N–H and O–H groups in total. The van der Waals surface area contributed by atoms with Crippen LogP contribution >= 0.6 is 43.2 Å². The van der Waals surface area contributed by atoms with Gasteiger partial charge < -0.3 is 10.2 Å². The number of aliphatic hydroxyl groups excluding tert-OH is 2. The van der Waals surface area contributed by atoms with Crippen LogP contribution in [-0.2, 0) is 0 Å². The van der Waals surface area contributed by atoms with Gasteiger partial charge in [-0.2, -0.15) is 0 Å². The fraction of sp³-hybridized carbons (Fsp3) is 0.846. The minimum absolute atomic E-state index is 0.445. The van der Waals surface area contributed by atoms with Crippen LogP contribution in [-0.4, -0.2) is 10.2 Å². The quantitative estimate of drug-likeness (QED) is 0.150. The molecule has 0 saturated heterocycles. The van der Waals surface area contributed by atoms with Crippen molar-refractivity contribution in [2.45, 2.75) is 142 Å². The van der Waals surface area contributed by atoms with Gasteiger partial charge in [-0.05, 0) is 44.7 Å². The Morgan fingerprint density at radius 3 is 1.16 bits per heavy atom. The van der Waals surface area contributed by atoms with Gasteiger partial charge in [0.05, 0.1) is 12.2 Å². The van der Waals surface area contributed by atoms with E-state index >= 15 is 0 Å². The van der Waals surface area contributed by atoms with E-state index in [1.165, 1.54) is 89.9 Å². The number of thiophene rings is 1. The third-order valence-corrected chi connectivity index (χ3v) is 10.2. The Labute approximate surface area is 212 Å². The first-order chi connectivity index (χ1) is 15.0. The molecular weight excluding hydrogens is 536 g/mol. The van der Waals surface area contributed by atoms with Crippen molar-refractivity contribution in [3.63, 3.8) is 0 Å². The zero-order chi connectivity index (χ0) is 22.9. The van der Waals surface area contributed by atoms with Crippen molar-refractivity contribution in [3.05, 3.63) is 18.7 Å². The highest BCUT2D eigenvalue weighted by Crippen LogP contribution is 2.45. The lowest BCUT2D eigenvalue weighted by atomic mass is 10.0. The van der Waals surface area contributed by atoms with E-state index in [9.17, 15) is 10.2 Å². The Hall–Kier alpha value is 0.580. The fourth-order valence-corrected chi connectivity index (χ4v) is 6.89. The predicted octanol–water partition coefficient (Wildman–Crippen LogP) is 10.4. The molecular formula is C26H46Br2O2S. The Morgan fingerprint density at radius 1 is 0.548 bits per heavy atom. The highest BCUT2D eigenvalue weighted by Gasteiger charge is 2.23. The van der Waals surface area contributed by atoms with E-state index in [0.29, 0.717) is 0 Å². The van der Waals surface area contributed by atoms with E-state index in [-0.39, 0.29) is 0 Å². The van der Waals surface area contributed by atoms with Crippen molar-refractivity contribution in [2.24, 2.45) is 0 Å². The maximum absolute atomic E-state index is 10.7. The monoisotopic (exact) mass is 580 g/mol. The molecule has 2 atom stereocenters. The van der Waals surface area contributed by atoms with Crippen molar-refractivity contribution >= 4 is 43.2 Å². The number of aliphatic hydroxyl groups is 2. The molecule has 0 fully saturated rings. The minimum atomic E-state index is -0.445. The smallest absolute Gasteiger partial charge is 0.0893 e. The van der Waals surface area contributed by atoms with Crippen LogP contribution in [0.15, 0.2) is 8.95 Å². The van der Waals surface area contributed by atoms with Crippen LogP contribution in [0.3, 0.4) is 0 Å². The molecule has 0 aliphatic heterocycles. The first kappa shape index (κ1) is 29.6. The van der Waals surface area contributed by atoms with Crippen LogP contribution in [0, 0.1) is 0 Å². The van der Waals surface area contributed by atoms with E-state index in [4.69, 9.17) is 0 Å². The minimum Gasteiger partial charge on any atom is -0.388 e. The molecule has 182 valence electrons. The second kappa shape index (κ2) is 18.9. The molecule has 1 aromatic rings. The van der Waals surface area contributed by atoms with Crippen molar-refractivity contribution in [1.29, 1.82) is 0 Å². The summed E-state index contributed by atoms with van der Waals surface area (Å²) >= 11 is 8.85. The normalized spacial score (nSPS) is 13.6. The summed E-state index contributed by atoms with van der Waals surface area (Å²) in [6, 6.07) is 0. The molecule has 0 aliphatic carbocycles. The second-order valence-corrected chi connectivity index (χ2v) is 11.7. The fourth-order valence-electron chi connectivity index (χ4n) is 4.06. The number of rotatable bonds is 20. The lowest BCUT2D eigenvalue weighted by Crippen LogP contribution is -1.96. The molecule has 0 bridgehead atoms. The largest absolute Gasteiger partial charge is 0.388 e.